The molecule has 0 saturated carbocycles. The van der Waals surface area contributed by atoms with Crippen molar-refractivity contribution in [2.45, 2.75) is 6.92 Å². The van der Waals surface area contributed by atoms with Gasteiger partial charge in [0.15, 0.2) is 0 Å². The maximum Gasteiger partial charge on any atom is 0.302 e. The second-order valence-corrected chi connectivity index (χ2v) is 2.76. The highest BCUT2D eigenvalue weighted by atomic mass is 19.1. The Morgan fingerprint density at radius 1 is 1.57 bits per heavy atom. The van der Waals surface area contributed by atoms with Gasteiger partial charge in [-0.25, -0.2) is 4.39 Å². The highest BCUT2D eigenvalue weighted by Gasteiger charge is 1.90. The Bertz CT molecular complexity index is 345. The molecule has 0 heterocycles. The number of benzene rings is 1. The standard InChI is InChI=1S/C11H11FO2/c1-9(13)14-7-3-5-10-4-2-6-11(12)8-10/h2-6,8H,7H2,1H3. The first-order chi connectivity index (χ1) is 6.68. The van der Waals surface area contributed by atoms with Crippen LogP contribution in [-0.2, 0) is 9.53 Å². The highest BCUT2D eigenvalue weighted by Crippen LogP contribution is 2.04. The number of rotatable bonds is 3. The van der Waals surface area contributed by atoms with Gasteiger partial charge in [0.25, 0.3) is 0 Å². The van der Waals surface area contributed by atoms with E-state index in [1.807, 2.05) is 0 Å². The van der Waals surface area contributed by atoms with Crippen LogP contribution in [0.2, 0.25) is 0 Å². The fourth-order valence-corrected chi connectivity index (χ4v) is 0.960. The summed E-state index contributed by atoms with van der Waals surface area (Å²) in [5, 5.41) is 0. The summed E-state index contributed by atoms with van der Waals surface area (Å²) in [4.78, 5) is 10.4. The first kappa shape index (κ1) is 10.4. The maximum absolute atomic E-state index is 12.7. The molecule has 74 valence electrons. The third-order valence-corrected chi connectivity index (χ3v) is 1.54. The van der Waals surface area contributed by atoms with Crippen LogP contribution in [0.3, 0.4) is 0 Å². The molecule has 0 aliphatic heterocycles. The van der Waals surface area contributed by atoms with Crippen molar-refractivity contribution in [3.8, 4) is 0 Å². The summed E-state index contributed by atoms with van der Waals surface area (Å²) >= 11 is 0. The van der Waals surface area contributed by atoms with Gasteiger partial charge in [-0.3, -0.25) is 4.79 Å². The zero-order valence-electron chi connectivity index (χ0n) is 7.87. The van der Waals surface area contributed by atoms with E-state index < -0.39 is 0 Å². The molecule has 14 heavy (non-hydrogen) atoms. The lowest BCUT2D eigenvalue weighted by atomic mass is 10.2. The quantitative estimate of drug-likeness (QED) is 0.690. The Balaban J connectivity index is 2.47. The third-order valence-electron chi connectivity index (χ3n) is 1.54. The molecule has 0 atom stereocenters. The number of ether oxygens (including phenoxy) is 1. The lowest BCUT2D eigenvalue weighted by molar-refractivity contribution is -0.139. The molecule has 0 bridgehead atoms. The molecule has 2 nitrogen and oxygen atoms in total. The van der Waals surface area contributed by atoms with Crippen LogP contribution in [-0.4, -0.2) is 12.6 Å². The molecule has 0 amide bonds. The van der Waals surface area contributed by atoms with Crippen LogP contribution in [0.15, 0.2) is 30.3 Å². The summed E-state index contributed by atoms with van der Waals surface area (Å²) in [7, 11) is 0. The molecular weight excluding hydrogens is 183 g/mol. The van der Waals surface area contributed by atoms with E-state index in [-0.39, 0.29) is 18.4 Å². The third kappa shape index (κ3) is 3.85. The van der Waals surface area contributed by atoms with Crippen LogP contribution >= 0.6 is 0 Å². The van der Waals surface area contributed by atoms with Gasteiger partial charge in [0.05, 0.1) is 0 Å². The summed E-state index contributed by atoms with van der Waals surface area (Å²) in [6.07, 6.45) is 3.36. The number of halogens is 1. The number of hydrogen-bond acceptors (Lipinski definition) is 2. The van der Waals surface area contributed by atoms with Gasteiger partial charge in [0.2, 0.25) is 0 Å². The zero-order chi connectivity index (χ0) is 10.4. The van der Waals surface area contributed by atoms with Gasteiger partial charge in [-0.1, -0.05) is 18.2 Å². The molecule has 0 aliphatic rings. The molecule has 0 N–H and O–H groups in total. The Hall–Kier alpha value is -1.64. The van der Waals surface area contributed by atoms with Crippen LogP contribution < -0.4 is 0 Å². The van der Waals surface area contributed by atoms with Gasteiger partial charge in [-0.15, -0.1) is 0 Å². The van der Waals surface area contributed by atoms with E-state index in [4.69, 9.17) is 0 Å². The molecule has 0 radical (unpaired) electrons. The fraction of sp³-hybridized carbons (Fsp3) is 0.182. The lowest BCUT2D eigenvalue weighted by Gasteiger charge is -1.95. The van der Waals surface area contributed by atoms with Crippen molar-refractivity contribution in [3.05, 3.63) is 41.7 Å². The molecule has 3 heteroatoms. The smallest absolute Gasteiger partial charge is 0.302 e. The average molecular weight is 194 g/mol. The molecule has 0 aliphatic carbocycles. The Morgan fingerprint density at radius 2 is 2.36 bits per heavy atom. The second kappa shape index (κ2) is 5.17. The van der Waals surface area contributed by atoms with Crippen LogP contribution in [0.4, 0.5) is 4.39 Å². The normalized spacial score (nSPS) is 10.4. The molecule has 1 aromatic carbocycles. The summed E-state index contributed by atoms with van der Waals surface area (Å²) in [6, 6.07) is 6.18. The van der Waals surface area contributed by atoms with E-state index in [0.717, 1.165) is 5.56 Å². The number of carbonyl (C=O) groups excluding carboxylic acids is 1. The van der Waals surface area contributed by atoms with Crippen LogP contribution in [0.1, 0.15) is 12.5 Å². The SMILES string of the molecule is CC(=O)OCC=Cc1cccc(F)c1. The van der Waals surface area contributed by atoms with E-state index in [2.05, 4.69) is 4.74 Å². The van der Waals surface area contributed by atoms with Crippen LogP contribution in [0.25, 0.3) is 6.08 Å². The molecular formula is C11H11FO2. The summed E-state index contributed by atoms with van der Waals surface area (Å²) < 4.78 is 17.4. The Kier molecular flexibility index (Phi) is 3.85. The predicted octanol–water partition coefficient (Wildman–Crippen LogP) is 2.40. The van der Waals surface area contributed by atoms with Crippen molar-refractivity contribution in [3.63, 3.8) is 0 Å². The summed E-state index contributed by atoms with van der Waals surface area (Å²) in [5.41, 5.74) is 0.747. The average Bonchev–Trinajstić information content (AvgIpc) is 2.12. The van der Waals surface area contributed by atoms with Crippen molar-refractivity contribution in [2.75, 3.05) is 6.61 Å². The number of carbonyl (C=O) groups is 1. The van der Waals surface area contributed by atoms with Crippen molar-refractivity contribution in [2.24, 2.45) is 0 Å². The van der Waals surface area contributed by atoms with Gasteiger partial charge in [0.1, 0.15) is 12.4 Å². The van der Waals surface area contributed by atoms with Gasteiger partial charge in [-0.2, -0.15) is 0 Å². The largest absolute Gasteiger partial charge is 0.462 e. The van der Waals surface area contributed by atoms with E-state index in [9.17, 15) is 9.18 Å². The van der Waals surface area contributed by atoms with Gasteiger partial charge >= 0.3 is 5.97 Å². The first-order valence-electron chi connectivity index (χ1n) is 4.24. The Labute approximate surface area is 82.0 Å². The Morgan fingerprint density at radius 3 is 3.00 bits per heavy atom. The molecule has 0 unspecified atom stereocenters. The van der Waals surface area contributed by atoms with Gasteiger partial charge in [0, 0.05) is 6.92 Å². The number of hydrogen-bond donors (Lipinski definition) is 0. The minimum absolute atomic E-state index is 0.214. The molecule has 1 rings (SSSR count). The van der Waals surface area contributed by atoms with Crippen molar-refractivity contribution in [1.82, 2.24) is 0 Å². The monoisotopic (exact) mass is 194 g/mol. The first-order valence-corrected chi connectivity index (χ1v) is 4.24. The summed E-state index contributed by atoms with van der Waals surface area (Å²) in [6.45, 7) is 1.56. The van der Waals surface area contributed by atoms with Crippen molar-refractivity contribution < 1.29 is 13.9 Å². The fourth-order valence-electron chi connectivity index (χ4n) is 0.960. The van der Waals surface area contributed by atoms with Crippen molar-refractivity contribution in [1.29, 1.82) is 0 Å². The van der Waals surface area contributed by atoms with E-state index in [1.54, 1.807) is 24.3 Å². The van der Waals surface area contributed by atoms with Crippen molar-refractivity contribution >= 4 is 12.0 Å². The lowest BCUT2D eigenvalue weighted by Crippen LogP contribution is -1.97. The highest BCUT2D eigenvalue weighted by molar-refractivity contribution is 5.66. The molecule has 0 fully saturated rings. The van der Waals surface area contributed by atoms with E-state index >= 15 is 0 Å². The number of esters is 1. The van der Waals surface area contributed by atoms with Crippen LogP contribution in [0.5, 0.6) is 0 Å². The molecule has 0 saturated heterocycles. The second-order valence-electron chi connectivity index (χ2n) is 2.76. The zero-order valence-corrected chi connectivity index (χ0v) is 7.87. The van der Waals surface area contributed by atoms with E-state index in [1.165, 1.54) is 19.1 Å². The molecule has 1 aromatic rings. The van der Waals surface area contributed by atoms with Crippen LogP contribution in [0, 0.1) is 5.82 Å². The molecule has 0 aromatic heterocycles. The summed E-state index contributed by atoms with van der Waals surface area (Å²) in [5.74, 6) is -0.603. The molecule has 0 spiro atoms. The minimum atomic E-state index is -0.325. The van der Waals surface area contributed by atoms with Gasteiger partial charge in [-0.05, 0) is 23.8 Å². The minimum Gasteiger partial charge on any atom is -0.462 e. The van der Waals surface area contributed by atoms with E-state index in [0.29, 0.717) is 0 Å². The maximum atomic E-state index is 12.7. The topological polar surface area (TPSA) is 26.3 Å². The van der Waals surface area contributed by atoms with Gasteiger partial charge < -0.3 is 4.74 Å². The predicted molar refractivity (Wildman–Crippen MR) is 52.1 cm³/mol.